The molecular formula is C15H19ClN2. The minimum absolute atomic E-state index is 0.356. The van der Waals surface area contributed by atoms with Crippen LogP contribution in [0.15, 0.2) is 18.3 Å². The van der Waals surface area contributed by atoms with Gasteiger partial charge in [0.2, 0.25) is 0 Å². The molecule has 3 rings (SSSR count). The van der Waals surface area contributed by atoms with E-state index < -0.39 is 0 Å². The van der Waals surface area contributed by atoms with E-state index in [4.69, 9.17) is 11.6 Å². The summed E-state index contributed by atoms with van der Waals surface area (Å²) in [4.78, 5) is 0. The fourth-order valence-electron chi connectivity index (χ4n) is 3.13. The van der Waals surface area contributed by atoms with Crippen LogP contribution in [0.5, 0.6) is 0 Å². The van der Waals surface area contributed by atoms with Crippen molar-refractivity contribution >= 4 is 22.5 Å². The van der Waals surface area contributed by atoms with E-state index in [0.717, 1.165) is 11.6 Å². The number of hydrogen-bond acceptors (Lipinski definition) is 1. The van der Waals surface area contributed by atoms with Gasteiger partial charge in [0.05, 0.1) is 5.52 Å². The molecule has 96 valence electrons. The Morgan fingerprint density at radius 3 is 2.72 bits per heavy atom. The van der Waals surface area contributed by atoms with Crippen molar-refractivity contribution < 1.29 is 0 Å². The molecule has 1 aromatic carbocycles. The van der Waals surface area contributed by atoms with Crippen LogP contribution < -0.4 is 5.32 Å². The standard InChI is InChI=1S/C15H19ClN2/c1-10-13(16)5-4-11-12(8-18(3)14(10)11)15(6-7-15)9-17-2/h4-5,8,17H,6-7,9H2,1-3H3. The Labute approximate surface area is 113 Å². The molecule has 1 N–H and O–H groups in total. The Bertz CT molecular complexity index is 608. The molecular weight excluding hydrogens is 244 g/mol. The Kier molecular flexibility index (Phi) is 2.68. The first-order valence-corrected chi connectivity index (χ1v) is 6.86. The highest BCUT2D eigenvalue weighted by atomic mass is 35.5. The molecule has 1 saturated carbocycles. The predicted octanol–water partition coefficient (Wildman–Crippen LogP) is 3.39. The monoisotopic (exact) mass is 262 g/mol. The number of hydrogen-bond donors (Lipinski definition) is 1. The number of aryl methyl sites for hydroxylation is 2. The van der Waals surface area contributed by atoms with Crippen LogP contribution in [0, 0.1) is 6.92 Å². The molecule has 18 heavy (non-hydrogen) atoms. The predicted molar refractivity (Wildman–Crippen MR) is 77.5 cm³/mol. The Morgan fingerprint density at radius 1 is 1.39 bits per heavy atom. The van der Waals surface area contributed by atoms with Gasteiger partial charge in [-0.25, -0.2) is 0 Å². The Hall–Kier alpha value is -0.990. The van der Waals surface area contributed by atoms with Crippen LogP contribution in [0.4, 0.5) is 0 Å². The van der Waals surface area contributed by atoms with E-state index in [1.165, 1.54) is 34.9 Å². The molecule has 0 saturated heterocycles. The molecule has 0 bridgehead atoms. The van der Waals surface area contributed by atoms with Gasteiger partial charge < -0.3 is 9.88 Å². The molecule has 1 aliphatic carbocycles. The van der Waals surface area contributed by atoms with Gasteiger partial charge in [0, 0.05) is 35.6 Å². The fourth-order valence-corrected chi connectivity index (χ4v) is 3.28. The average Bonchev–Trinajstić information content (AvgIpc) is 3.03. The molecule has 1 aromatic heterocycles. The number of likely N-dealkylation sites (N-methyl/N-ethyl adjacent to an activating group) is 1. The topological polar surface area (TPSA) is 17.0 Å². The van der Waals surface area contributed by atoms with Gasteiger partial charge in [0.25, 0.3) is 0 Å². The van der Waals surface area contributed by atoms with Crippen LogP contribution >= 0.6 is 11.6 Å². The van der Waals surface area contributed by atoms with Gasteiger partial charge in [-0.15, -0.1) is 0 Å². The van der Waals surface area contributed by atoms with E-state index in [1.807, 2.05) is 13.1 Å². The zero-order valence-electron chi connectivity index (χ0n) is 11.2. The summed E-state index contributed by atoms with van der Waals surface area (Å²) in [5.41, 5.74) is 4.30. The number of benzene rings is 1. The van der Waals surface area contributed by atoms with Gasteiger partial charge in [0.1, 0.15) is 0 Å². The minimum Gasteiger partial charge on any atom is -0.350 e. The Balaban J connectivity index is 2.24. The average molecular weight is 263 g/mol. The molecule has 1 aliphatic rings. The van der Waals surface area contributed by atoms with E-state index >= 15 is 0 Å². The van der Waals surface area contributed by atoms with E-state index in [9.17, 15) is 0 Å². The number of halogens is 1. The van der Waals surface area contributed by atoms with Crippen LogP contribution in [-0.2, 0) is 12.5 Å². The second-order valence-electron chi connectivity index (χ2n) is 5.53. The molecule has 0 spiro atoms. The number of fused-ring (bicyclic) bond motifs is 1. The van der Waals surface area contributed by atoms with Gasteiger partial charge in [-0.1, -0.05) is 17.7 Å². The zero-order valence-corrected chi connectivity index (χ0v) is 11.9. The van der Waals surface area contributed by atoms with Crippen molar-refractivity contribution in [2.24, 2.45) is 7.05 Å². The van der Waals surface area contributed by atoms with Crippen molar-refractivity contribution in [3.63, 3.8) is 0 Å². The third kappa shape index (κ3) is 1.59. The first-order chi connectivity index (χ1) is 8.59. The molecule has 2 aromatic rings. The highest BCUT2D eigenvalue weighted by Gasteiger charge is 2.45. The molecule has 0 aliphatic heterocycles. The molecule has 0 radical (unpaired) electrons. The molecule has 0 unspecified atom stereocenters. The van der Waals surface area contributed by atoms with Crippen LogP contribution in [-0.4, -0.2) is 18.2 Å². The summed E-state index contributed by atoms with van der Waals surface area (Å²) in [6.45, 7) is 3.17. The van der Waals surface area contributed by atoms with Crippen LogP contribution in [0.2, 0.25) is 5.02 Å². The summed E-state index contributed by atoms with van der Waals surface area (Å²) in [6.07, 6.45) is 4.86. The quantitative estimate of drug-likeness (QED) is 0.897. The summed E-state index contributed by atoms with van der Waals surface area (Å²) in [6, 6.07) is 4.20. The van der Waals surface area contributed by atoms with Crippen molar-refractivity contribution in [1.29, 1.82) is 0 Å². The number of nitrogens with zero attached hydrogens (tertiary/aromatic N) is 1. The normalized spacial score (nSPS) is 17.3. The van der Waals surface area contributed by atoms with E-state index in [-0.39, 0.29) is 0 Å². The largest absolute Gasteiger partial charge is 0.350 e. The molecule has 1 heterocycles. The number of nitrogens with one attached hydrogen (secondary N) is 1. The fraction of sp³-hybridized carbons (Fsp3) is 0.467. The number of aromatic nitrogens is 1. The lowest BCUT2D eigenvalue weighted by Crippen LogP contribution is -2.23. The SMILES string of the molecule is CNCC1(c2cn(C)c3c(C)c(Cl)ccc23)CC1. The van der Waals surface area contributed by atoms with Crippen molar-refractivity contribution in [3.05, 3.63) is 34.5 Å². The minimum atomic E-state index is 0.356. The van der Waals surface area contributed by atoms with Crippen molar-refractivity contribution in [3.8, 4) is 0 Å². The lowest BCUT2D eigenvalue weighted by molar-refractivity contribution is 0.626. The van der Waals surface area contributed by atoms with Crippen molar-refractivity contribution in [2.45, 2.75) is 25.2 Å². The van der Waals surface area contributed by atoms with Crippen LogP contribution in [0.3, 0.4) is 0 Å². The maximum Gasteiger partial charge on any atom is 0.0525 e. The van der Waals surface area contributed by atoms with Gasteiger partial charge in [-0.2, -0.15) is 0 Å². The lowest BCUT2D eigenvalue weighted by atomic mass is 9.95. The molecule has 2 nitrogen and oxygen atoms in total. The third-order valence-electron chi connectivity index (χ3n) is 4.27. The smallest absolute Gasteiger partial charge is 0.0525 e. The second-order valence-corrected chi connectivity index (χ2v) is 5.94. The molecule has 1 fully saturated rings. The van der Waals surface area contributed by atoms with Gasteiger partial charge in [-0.3, -0.25) is 0 Å². The maximum absolute atomic E-state index is 6.23. The van der Waals surface area contributed by atoms with Crippen molar-refractivity contribution in [1.82, 2.24) is 9.88 Å². The van der Waals surface area contributed by atoms with Crippen LogP contribution in [0.1, 0.15) is 24.0 Å². The zero-order chi connectivity index (χ0) is 12.9. The highest BCUT2D eigenvalue weighted by molar-refractivity contribution is 6.32. The first-order valence-electron chi connectivity index (χ1n) is 6.48. The van der Waals surface area contributed by atoms with Gasteiger partial charge in [-0.05, 0) is 44.0 Å². The summed E-state index contributed by atoms with van der Waals surface area (Å²) in [5.74, 6) is 0. The second kappa shape index (κ2) is 4.01. The summed E-state index contributed by atoms with van der Waals surface area (Å²) in [5, 5.41) is 5.56. The van der Waals surface area contributed by atoms with Crippen molar-refractivity contribution in [2.75, 3.05) is 13.6 Å². The summed E-state index contributed by atoms with van der Waals surface area (Å²) < 4.78 is 2.22. The van der Waals surface area contributed by atoms with Crippen LogP contribution in [0.25, 0.3) is 10.9 Å². The summed E-state index contributed by atoms with van der Waals surface area (Å²) >= 11 is 6.23. The number of rotatable bonds is 3. The third-order valence-corrected chi connectivity index (χ3v) is 4.68. The Morgan fingerprint density at radius 2 is 2.11 bits per heavy atom. The van der Waals surface area contributed by atoms with Gasteiger partial charge in [0.15, 0.2) is 0 Å². The molecule has 0 amide bonds. The van der Waals surface area contributed by atoms with E-state index in [1.54, 1.807) is 0 Å². The molecule has 3 heteroatoms. The molecule has 0 atom stereocenters. The van der Waals surface area contributed by atoms with E-state index in [0.29, 0.717) is 5.41 Å². The first kappa shape index (κ1) is 12.1. The van der Waals surface area contributed by atoms with Gasteiger partial charge >= 0.3 is 0 Å². The summed E-state index contributed by atoms with van der Waals surface area (Å²) in [7, 11) is 4.15. The van der Waals surface area contributed by atoms with E-state index in [2.05, 4.69) is 36.1 Å². The lowest BCUT2D eigenvalue weighted by Gasteiger charge is -2.13. The maximum atomic E-state index is 6.23. The highest BCUT2D eigenvalue weighted by Crippen LogP contribution is 2.50.